The lowest BCUT2D eigenvalue weighted by Crippen LogP contribution is -2.23. The highest BCUT2D eigenvalue weighted by molar-refractivity contribution is 14.1. The molecule has 0 saturated heterocycles. The zero-order valence-corrected chi connectivity index (χ0v) is 15.9. The molecule has 0 bridgehead atoms. The number of ether oxygens (including phenoxy) is 1. The second-order valence-corrected chi connectivity index (χ2v) is 8.11. The summed E-state index contributed by atoms with van der Waals surface area (Å²) in [6.45, 7) is 0. The molecule has 1 nitrogen and oxygen atoms in total. The van der Waals surface area contributed by atoms with Crippen molar-refractivity contribution in [3.63, 3.8) is 0 Å². The standard InChI is InChI=1S/C19H16IOP.B/c1-21-17-12-6-8-14-19(17)22(15-9-3-2-4-10-15)18-13-7-5-11-16(18)20;/h2-14H,1H3;. The Hall–Kier alpha value is -1.32. The summed E-state index contributed by atoms with van der Waals surface area (Å²) in [4.78, 5) is 0. The van der Waals surface area contributed by atoms with E-state index < -0.39 is 7.92 Å². The molecule has 3 aromatic carbocycles. The van der Waals surface area contributed by atoms with E-state index in [0.717, 1.165) is 5.75 Å². The lowest BCUT2D eigenvalue weighted by molar-refractivity contribution is 0.418. The van der Waals surface area contributed by atoms with Crippen LogP contribution in [0.3, 0.4) is 0 Å². The molecule has 0 spiro atoms. The molecule has 0 aromatic heterocycles. The summed E-state index contributed by atoms with van der Waals surface area (Å²) in [6.07, 6.45) is 0. The Morgan fingerprint density at radius 2 is 1.30 bits per heavy atom. The van der Waals surface area contributed by atoms with Crippen molar-refractivity contribution >= 4 is 54.8 Å². The van der Waals surface area contributed by atoms with E-state index >= 15 is 0 Å². The molecule has 0 aliphatic rings. The van der Waals surface area contributed by atoms with Gasteiger partial charge in [0.25, 0.3) is 0 Å². The lowest BCUT2D eigenvalue weighted by Gasteiger charge is -2.22. The van der Waals surface area contributed by atoms with Crippen LogP contribution in [0.25, 0.3) is 0 Å². The van der Waals surface area contributed by atoms with Crippen molar-refractivity contribution in [2.45, 2.75) is 0 Å². The number of hydrogen-bond donors (Lipinski definition) is 0. The van der Waals surface area contributed by atoms with Crippen LogP contribution in [0.4, 0.5) is 0 Å². The van der Waals surface area contributed by atoms with Gasteiger partial charge in [-0.25, -0.2) is 0 Å². The number of benzene rings is 3. The maximum atomic E-state index is 5.62. The highest BCUT2D eigenvalue weighted by atomic mass is 127. The van der Waals surface area contributed by atoms with Gasteiger partial charge in [-0.2, -0.15) is 0 Å². The predicted molar refractivity (Wildman–Crippen MR) is 110 cm³/mol. The lowest BCUT2D eigenvalue weighted by atomic mass is 10.3. The van der Waals surface area contributed by atoms with E-state index in [9.17, 15) is 0 Å². The first-order chi connectivity index (χ1) is 10.8. The Morgan fingerprint density at radius 3 is 1.96 bits per heavy atom. The third-order valence-corrected chi connectivity index (χ3v) is 7.34. The molecule has 0 amide bonds. The van der Waals surface area contributed by atoms with Gasteiger partial charge in [0.05, 0.1) is 7.11 Å². The molecule has 113 valence electrons. The van der Waals surface area contributed by atoms with Crippen LogP contribution in [-0.4, -0.2) is 15.5 Å². The maximum absolute atomic E-state index is 5.62. The molecular weight excluding hydrogens is 413 g/mol. The fourth-order valence-electron chi connectivity index (χ4n) is 2.43. The Kier molecular flexibility index (Phi) is 6.67. The number of halogens is 1. The van der Waals surface area contributed by atoms with E-state index in [1.807, 2.05) is 12.1 Å². The average molecular weight is 429 g/mol. The zero-order valence-electron chi connectivity index (χ0n) is 12.8. The minimum absolute atomic E-state index is 0. The van der Waals surface area contributed by atoms with E-state index in [4.69, 9.17) is 4.74 Å². The number of hydrogen-bond acceptors (Lipinski definition) is 1. The van der Waals surface area contributed by atoms with Gasteiger partial charge in [0, 0.05) is 17.3 Å². The van der Waals surface area contributed by atoms with Crippen LogP contribution in [-0.2, 0) is 0 Å². The van der Waals surface area contributed by atoms with Gasteiger partial charge in [-0.3, -0.25) is 0 Å². The second-order valence-electron chi connectivity index (χ2n) is 4.79. The van der Waals surface area contributed by atoms with Gasteiger partial charge in [-0.1, -0.05) is 66.7 Å². The summed E-state index contributed by atoms with van der Waals surface area (Å²) < 4.78 is 6.92. The van der Waals surface area contributed by atoms with Gasteiger partial charge in [0.2, 0.25) is 0 Å². The van der Waals surface area contributed by atoms with E-state index in [1.165, 1.54) is 19.5 Å². The third-order valence-electron chi connectivity index (χ3n) is 3.43. The summed E-state index contributed by atoms with van der Waals surface area (Å²) in [5.41, 5.74) is 0. The van der Waals surface area contributed by atoms with Crippen LogP contribution in [0.15, 0.2) is 78.9 Å². The summed E-state index contributed by atoms with van der Waals surface area (Å²) in [6, 6.07) is 27.6. The first-order valence-corrected chi connectivity index (χ1v) is 9.46. The Bertz CT molecular complexity index is 764. The molecule has 1 atom stereocenters. The summed E-state index contributed by atoms with van der Waals surface area (Å²) in [5.74, 6) is 0.956. The molecule has 3 rings (SSSR count). The van der Waals surface area contributed by atoms with Crippen molar-refractivity contribution in [2.75, 3.05) is 7.11 Å². The topological polar surface area (TPSA) is 9.23 Å². The van der Waals surface area contributed by atoms with Crippen molar-refractivity contribution in [2.24, 2.45) is 0 Å². The molecule has 4 heteroatoms. The van der Waals surface area contributed by atoms with E-state index in [1.54, 1.807) is 7.11 Å². The van der Waals surface area contributed by atoms with Crippen molar-refractivity contribution in [3.8, 4) is 5.75 Å². The Balaban J connectivity index is 0.00000192. The van der Waals surface area contributed by atoms with Gasteiger partial charge >= 0.3 is 0 Å². The van der Waals surface area contributed by atoms with Crippen molar-refractivity contribution in [1.82, 2.24) is 0 Å². The van der Waals surface area contributed by atoms with Gasteiger partial charge in [-0.15, -0.1) is 0 Å². The van der Waals surface area contributed by atoms with E-state index in [2.05, 4.69) is 89.3 Å². The van der Waals surface area contributed by atoms with Gasteiger partial charge in [0.1, 0.15) is 5.75 Å². The largest absolute Gasteiger partial charge is 0.496 e. The number of methoxy groups -OCH3 is 1. The summed E-state index contributed by atoms with van der Waals surface area (Å²) >= 11 is 2.43. The molecule has 0 fully saturated rings. The maximum Gasteiger partial charge on any atom is 0.127 e. The second kappa shape index (κ2) is 8.51. The van der Waals surface area contributed by atoms with Crippen molar-refractivity contribution in [3.05, 3.63) is 82.4 Å². The molecule has 1 unspecified atom stereocenters. The number of rotatable bonds is 4. The summed E-state index contributed by atoms with van der Waals surface area (Å²) in [7, 11) is 1.12. The van der Waals surface area contributed by atoms with Crippen LogP contribution in [0.2, 0.25) is 0 Å². The van der Waals surface area contributed by atoms with Gasteiger partial charge in [0.15, 0.2) is 0 Å². The van der Waals surface area contributed by atoms with E-state index in [-0.39, 0.29) is 8.41 Å². The predicted octanol–water partition coefficient (Wildman–Crippen LogP) is 3.68. The minimum atomic E-state index is -0.626. The molecule has 23 heavy (non-hydrogen) atoms. The van der Waals surface area contributed by atoms with Crippen LogP contribution in [0.5, 0.6) is 5.75 Å². The van der Waals surface area contributed by atoms with Crippen LogP contribution in [0, 0.1) is 3.57 Å². The SMILES string of the molecule is COc1ccccc1P(c1ccccc1)c1ccccc1I.[B]. The van der Waals surface area contributed by atoms with Crippen molar-refractivity contribution in [1.29, 1.82) is 0 Å². The number of para-hydroxylation sites is 1. The Labute approximate surface area is 154 Å². The highest BCUT2D eigenvalue weighted by Crippen LogP contribution is 2.37. The van der Waals surface area contributed by atoms with Gasteiger partial charge in [-0.05, 0) is 53.3 Å². The van der Waals surface area contributed by atoms with Crippen LogP contribution >= 0.6 is 30.5 Å². The quantitative estimate of drug-likeness (QED) is 0.350. The molecule has 3 aromatic rings. The smallest absolute Gasteiger partial charge is 0.127 e. The van der Waals surface area contributed by atoms with Crippen molar-refractivity contribution < 1.29 is 4.74 Å². The molecule has 0 aliphatic carbocycles. The zero-order chi connectivity index (χ0) is 15.4. The minimum Gasteiger partial charge on any atom is -0.496 e. The fraction of sp³-hybridized carbons (Fsp3) is 0.0526. The Morgan fingerprint density at radius 1 is 0.739 bits per heavy atom. The fourth-order valence-corrected chi connectivity index (χ4v) is 5.97. The molecule has 0 saturated carbocycles. The van der Waals surface area contributed by atoms with E-state index in [0.29, 0.717) is 0 Å². The third kappa shape index (κ3) is 3.96. The van der Waals surface area contributed by atoms with Gasteiger partial charge < -0.3 is 4.74 Å². The molecule has 0 heterocycles. The highest BCUT2D eigenvalue weighted by Gasteiger charge is 2.21. The molecular formula is C19H16BIOP. The first-order valence-electron chi connectivity index (χ1n) is 7.04. The first kappa shape index (κ1) is 18.0. The van der Waals surface area contributed by atoms with Crippen LogP contribution < -0.4 is 20.7 Å². The molecule has 3 radical (unpaired) electrons. The average Bonchev–Trinajstić information content (AvgIpc) is 2.58. The molecule has 0 aliphatic heterocycles. The van der Waals surface area contributed by atoms with Crippen LogP contribution in [0.1, 0.15) is 0 Å². The molecule has 0 N–H and O–H groups in total. The normalized spacial score (nSPS) is 11.4. The summed E-state index contributed by atoms with van der Waals surface area (Å²) in [5, 5.41) is 3.97. The monoisotopic (exact) mass is 429 g/mol.